The van der Waals surface area contributed by atoms with Crippen LogP contribution in [0.15, 0.2) is 29.3 Å². The Morgan fingerprint density at radius 2 is 2.04 bits per heavy atom. The van der Waals surface area contributed by atoms with E-state index in [1.165, 1.54) is 18.4 Å². The molecule has 2 N–H and O–H groups in total. The van der Waals surface area contributed by atoms with E-state index in [0.717, 1.165) is 31.3 Å². The number of hydrogen-bond acceptors (Lipinski definition) is 4. The summed E-state index contributed by atoms with van der Waals surface area (Å²) in [6, 6.07) is 8.83. The van der Waals surface area contributed by atoms with Gasteiger partial charge in [0.25, 0.3) is 0 Å². The van der Waals surface area contributed by atoms with Crippen LogP contribution in [0.3, 0.4) is 0 Å². The first kappa shape index (κ1) is 20.5. The zero-order valence-corrected chi connectivity index (χ0v) is 16.6. The molecule has 1 heterocycles. The highest BCUT2D eigenvalue weighted by atomic mass is 16.5. The van der Waals surface area contributed by atoms with Gasteiger partial charge in [-0.15, -0.1) is 0 Å². The molecule has 2 unspecified atom stereocenters. The summed E-state index contributed by atoms with van der Waals surface area (Å²) in [6.07, 6.45) is 2.51. The Morgan fingerprint density at radius 3 is 2.69 bits per heavy atom. The van der Waals surface area contributed by atoms with Crippen molar-refractivity contribution in [1.29, 1.82) is 0 Å². The van der Waals surface area contributed by atoms with Gasteiger partial charge in [0.2, 0.25) is 0 Å². The number of guanidine groups is 1. The molecule has 1 aliphatic heterocycles. The van der Waals surface area contributed by atoms with Crippen LogP contribution >= 0.6 is 0 Å². The van der Waals surface area contributed by atoms with Crippen LogP contribution in [0.2, 0.25) is 0 Å². The molecule has 2 rings (SSSR count). The van der Waals surface area contributed by atoms with Crippen molar-refractivity contribution >= 4 is 5.96 Å². The van der Waals surface area contributed by atoms with Crippen LogP contribution in [0.1, 0.15) is 38.3 Å². The molecular weight excluding hydrogens is 328 g/mol. The second kappa shape index (κ2) is 11.0. The van der Waals surface area contributed by atoms with Crippen molar-refractivity contribution in [3.63, 3.8) is 0 Å². The maximum Gasteiger partial charge on any atom is 0.191 e. The Kier molecular flexibility index (Phi) is 8.71. The van der Waals surface area contributed by atoms with Crippen molar-refractivity contribution in [2.75, 3.05) is 47.0 Å². The van der Waals surface area contributed by atoms with Crippen LogP contribution in [0, 0.1) is 0 Å². The van der Waals surface area contributed by atoms with E-state index < -0.39 is 0 Å². The molecule has 146 valence electrons. The van der Waals surface area contributed by atoms with E-state index >= 15 is 0 Å². The summed E-state index contributed by atoms with van der Waals surface area (Å²) in [6.45, 7) is 8.62. The number of benzene rings is 1. The fourth-order valence-electron chi connectivity index (χ4n) is 3.36. The lowest BCUT2D eigenvalue weighted by Gasteiger charge is -2.27. The van der Waals surface area contributed by atoms with Gasteiger partial charge in [0.05, 0.1) is 26.3 Å². The summed E-state index contributed by atoms with van der Waals surface area (Å²) in [5, 5.41) is 6.74. The smallest absolute Gasteiger partial charge is 0.191 e. The molecule has 0 amide bonds. The van der Waals surface area contributed by atoms with E-state index in [1.807, 2.05) is 6.07 Å². The molecule has 2 atom stereocenters. The molecule has 1 aromatic carbocycles. The van der Waals surface area contributed by atoms with Crippen molar-refractivity contribution in [2.24, 2.45) is 4.99 Å². The lowest BCUT2D eigenvalue weighted by atomic mass is 10.1. The quantitative estimate of drug-likeness (QED) is 0.522. The molecule has 6 heteroatoms. The number of nitrogens with zero attached hydrogens (tertiary/aromatic N) is 2. The summed E-state index contributed by atoms with van der Waals surface area (Å²) in [4.78, 5) is 7.40. The zero-order chi connectivity index (χ0) is 18.8. The van der Waals surface area contributed by atoms with Crippen molar-refractivity contribution < 1.29 is 9.47 Å². The molecular formula is C20H34N4O2. The highest BCUT2D eigenvalue weighted by Gasteiger charge is 2.24. The fraction of sp³-hybridized carbons (Fsp3) is 0.650. The number of methoxy groups -OCH3 is 2. The zero-order valence-electron chi connectivity index (χ0n) is 16.6. The van der Waals surface area contributed by atoms with Crippen molar-refractivity contribution in [3.8, 4) is 5.75 Å². The van der Waals surface area contributed by atoms with Crippen LogP contribution < -0.4 is 15.4 Å². The van der Waals surface area contributed by atoms with Crippen molar-refractivity contribution in [1.82, 2.24) is 15.5 Å². The molecule has 26 heavy (non-hydrogen) atoms. The number of hydrogen-bond donors (Lipinski definition) is 2. The third kappa shape index (κ3) is 6.18. The summed E-state index contributed by atoms with van der Waals surface area (Å²) >= 11 is 0. The molecule has 0 saturated carbocycles. The van der Waals surface area contributed by atoms with Gasteiger partial charge < -0.3 is 20.1 Å². The van der Waals surface area contributed by atoms with Gasteiger partial charge in [0.15, 0.2) is 5.96 Å². The Hall–Kier alpha value is -1.79. The van der Waals surface area contributed by atoms with Gasteiger partial charge in [0, 0.05) is 19.7 Å². The second-order valence-corrected chi connectivity index (χ2v) is 6.76. The molecule has 1 aliphatic rings. The number of aliphatic imine (C=N–C) groups is 1. The van der Waals surface area contributed by atoms with Gasteiger partial charge in [-0.05, 0) is 57.5 Å². The average Bonchev–Trinajstić information content (AvgIpc) is 3.17. The first-order valence-corrected chi connectivity index (χ1v) is 9.59. The maximum atomic E-state index is 5.42. The molecule has 0 aliphatic carbocycles. The Balaban J connectivity index is 2.15. The van der Waals surface area contributed by atoms with Crippen molar-refractivity contribution in [2.45, 2.75) is 38.8 Å². The predicted octanol–water partition coefficient (Wildman–Crippen LogP) is 2.42. The van der Waals surface area contributed by atoms with Crippen LogP contribution in [0.5, 0.6) is 5.75 Å². The SMILES string of the molecule is CCNC(=NCC(c1cccc(OC)c1)N1CCCC1)NC(C)COC. The van der Waals surface area contributed by atoms with E-state index in [2.05, 4.69) is 47.6 Å². The van der Waals surface area contributed by atoms with Crippen LogP contribution in [-0.4, -0.2) is 63.9 Å². The van der Waals surface area contributed by atoms with Crippen LogP contribution in [-0.2, 0) is 4.74 Å². The van der Waals surface area contributed by atoms with Gasteiger partial charge in [-0.3, -0.25) is 9.89 Å². The number of likely N-dealkylation sites (tertiary alicyclic amines) is 1. The van der Waals surface area contributed by atoms with Gasteiger partial charge in [-0.2, -0.15) is 0 Å². The Labute approximate surface area is 158 Å². The van der Waals surface area contributed by atoms with Crippen molar-refractivity contribution in [3.05, 3.63) is 29.8 Å². The first-order chi connectivity index (χ1) is 12.7. The van der Waals surface area contributed by atoms with Crippen LogP contribution in [0.25, 0.3) is 0 Å². The number of rotatable bonds is 9. The van der Waals surface area contributed by atoms with Gasteiger partial charge in [0.1, 0.15) is 5.75 Å². The number of nitrogens with one attached hydrogen (secondary N) is 2. The van der Waals surface area contributed by atoms with Crippen LogP contribution in [0.4, 0.5) is 0 Å². The lowest BCUT2D eigenvalue weighted by Crippen LogP contribution is -2.44. The van der Waals surface area contributed by atoms with E-state index in [-0.39, 0.29) is 12.1 Å². The Morgan fingerprint density at radius 1 is 1.27 bits per heavy atom. The summed E-state index contributed by atoms with van der Waals surface area (Å²) in [5.41, 5.74) is 1.26. The topological polar surface area (TPSA) is 58.1 Å². The third-order valence-corrected chi connectivity index (χ3v) is 4.63. The van der Waals surface area contributed by atoms with E-state index in [0.29, 0.717) is 13.2 Å². The first-order valence-electron chi connectivity index (χ1n) is 9.59. The molecule has 0 spiro atoms. The standard InChI is InChI=1S/C20H34N4O2/c1-5-21-20(23-16(2)15-25-3)22-14-19(24-11-6-7-12-24)17-9-8-10-18(13-17)26-4/h8-10,13,16,19H,5-7,11-12,14-15H2,1-4H3,(H2,21,22,23). The minimum absolute atomic E-state index is 0.208. The normalized spacial score (nSPS) is 17.8. The summed E-state index contributed by atoms with van der Waals surface area (Å²) in [5.74, 6) is 1.73. The minimum atomic E-state index is 0.208. The summed E-state index contributed by atoms with van der Waals surface area (Å²) in [7, 11) is 3.43. The minimum Gasteiger partial charge on any atom is -0.497 e. The number of ether oxygens (including phenoxy) is 2. The summed E-state index contributed by atoms with van der Waals surface area (Å²) < 4.78 is 10.6. The molecule has 1 fully saturated rings. The Bertz CT molecular complexity index is 558. The predicted molar refractivity (Wildman–Crippen MR) is 107 cm³/mol. The van der Waals surface area contributed by atoms with Gasteiger partial charge >= 0.3 is 0 Å². The highest BCUT2D eigenvalue weighted by Crippen LogP contribution is 2.27. The molecule has 0 radical (unpaired) electrons. The average molecular weight is 363 g/mol. The molecule has 0 aromatic heterocycles. The van der Waals surface area contributed by atoms with E-state index in [1.54, 1.807) is 14.2 Å². The maximum absolute atomic E-state index is 5.42. The second-order valence-electron chi connectivity index (χ2n) is 6.76. The fourth-order valence-corrected chi connectivity index (χ4v) is 3.36. The molecule has 6 nitrogen and oxygen atoms in total. The lowest BCUT2D eigenvalue weighted by molar-refractivity contribution is 0.179. The van der Waals surface area contributed by atoms with Gasteiger partial charge in [-0.1, -0.05) is 12.1 Å². The highest BCUT2D eigenvalue weighted by molar-refractivity contribution is 5.80. The molecule has 1 aromatic rings. The molecule has 1 saturated heterocycles. The van der Waals surface area contributed by atoms with Gasteiger partial charge in [-0.25, -0.2) is 0 Å². The largest absolute Gasteiger partial charge is 0.497 e. The molecule has 0 bridgehead atoms. The van der Waals surface area contributed by atoms with E-state index in [4.69, 9.17) is 14.5 Å². The van der Waals surface area contributed by atoms with E-state index in [9.17, 15) is 0 Å². The monoisotopic (exact) mass is 362 g/mol. The third-order valence-electron chi connectivity index (χ3n) is 4.63.